The highest BCUT2D eigenvalue weighted by Gasteiger charge is 2.22. The van der Waals surface area contributed by atoms with Crippen LogP contribution in [-0.4, -0.2) is 28.1 Å². The zero-order chi connectivity index (χ0) is 20.1. The van der Waals surface area contributed by atoms with Crippen LogP contribution in [0.4, 0.5) is 0 Å². The van der Waals surface area contributed by atoms with Crippen LogP contribution in [0.1, 0.15) is 17.3 Å². The summed E-state index contributed by atoms with van der Waals surface area (Å²) in [5, 5.41) is 10.8. The van der Waals surface area contributed by atoms with E-state index < -0.39 is 28.7 Å². The van der Waals surface area contributed by atoms with Gasteiger partial charge in [0.25, 0.3) is 17.4 Å². The van der Waals surface area contributed by atoms with Gasteiger partial charge in [-0.2, -0.15) is 0 Å². The van der Waals surface area contributed by atoms with E-state index in [1.807, 2.05) is 6.07 Å². The Balaban J connectivity index is 1.75. The second-order valence-corrected chi connectivity index (χ2v) is 5.89. The van der Waals surface area contributed by atoms with E-state index >= 15 is 0 Å². The van der Waals surface area contributed by atoms with Gasteiger partial charge in [0, 0.05) is 11.9 Å². The van der Waals surface area contributed by atoms with Crippen molar-refractivity contribution in [3.05, 3.63) is 70.5 Å². The second kappa shape index (κ2) is 8.26. The highest BCUT2D eigenvalue weighted by molar-refractivity contribution is 6.02. The molecule has 1 aromatic heterocycles. The molecule has 0 fully saturated rings. The minimum Gasteiger partial charge on any atom is -0.506 e. The van der Waals surface area contributed by atoms with E-state index in [-0.39, 0.29) is 6.61 Å². The van der Waals surface area contributed by atoms with Gasteiger partial charge in [-0.1, -0.05) is 30.3 Å². The van der Waals surface area contributed by atoms with E-state index in [9.17, 15) is 19.5 Å². The van der Waals surface area contributed by atoms with Crippen molar-refractivity contribution >= 4 is 22.7 Å². The first-order valence-electron chi connectivity index (χ1n) is 8.64. The van der Waals surface area contributed by atoms with Crippen LogP contribution in [0.2, 0.25) is 0 Å². The van der Waals surface area contributed by atoms with Crippen molar-refractivity contribution in [1.29, 1.82) is 0 Å². The van der Waals surface area contributed by atoms with Crippen molar-refractivity contribution in [2.24, 2.45) is 0 Å². The smallest absolute Gasteiger partial charge is 0.279 e. The lowest BCUT2D eigenvalue weighted by Gasteiger charge is -2.14. The number of aromatic hydroxyl groups is 1. The number of ether oxygens (including phenoxy) is 1. The number of amides is 2. The molecular formula is C20H19N3O5. The molecule has 0 aliphatic rings. The Hall–Kier alpha value is -3.81. The molecule has 2 amide bonds. The lowest BCUT2D eigenvalue weighted by atomic mass is 10.1. The summed E-state index contributed by atoms with van der Waals surface area (Å²) < 4.78 is 6.65. The molecule has 0 saturated carbocycles. The van der Waals surface area contributed by atoms with E-state index in [4.69, 9.17) is 4.74 Å². The molecule has 0 spiro atoms. The number of aromatic nitrogens is 1. The quantitative estimate of drug-likeness (QED) is 0.581. The number of pyridine rings is 1. The number of para-hydroxylation sites is 2. The number of aryl methyl sites for hydroxylation is 1. The van der Waals surface area contributed by atoms with Crippen LogP contribution < -0.4 is 21.1 Å². The number of nitrogens with one attached hydrogen (secondary N) is 2. The molecule has 2 aromatic carbocycles. The van der Waals surface area contributed by atoms with Crippen LogP contribution in [-0.2, 0) is 11.3 Å². The fourth-order valence-corrected chi connectivity index (χ4v) is 2.80. The Bertz CT molecular complexity index is 1080. The molecule has 1 heterocycles. The maximum atomic E-state index is 12.6. The van der Waals surface area contributed by atoms with Crippen molar-refractivity contribution in [2.75, 3.05) is 6.61 Å². The Labute approximate surface area is 160 Å². The van der Waals surface area contributed by atoms with Gasteiger partial charge in [0.15, 0.2) is 6.61 Å². The molecule has 0 saturated heterocycles. The maximum Gasteiger partial charge on any atom is 0.279 e. The lowest BCUT2D eigenvalue weighted by Crippen LogP contribution is -2.45. The summed E-state index contributed by atoms with van der Waals surface area (Å²) in [5.41, 5.74) is 3.74. The van der Waals surface area contributed by atoms with Gasteiger partial charge in [0.2, 0.25) is 0 Å². The van der Waals surface area contributed by atoms with Gasteiger partial charge in [-0.15, -0.1) is 0 Å². The molecule has 8 heteroatoms. The van der Waals surface area contributed by atoms with E-state index in [2.05, 4.69) is 10.9 Å². The third-order valence-electron chi connectivity index (χ3n) is 4.12. The number of hydrogen-bond acceptors (Lipinski definition) is 5. The first-order chi connectivity index (χ1) is 13.5. The molecule has 0 aliphatic carbocycles. The average Bonchev–Trinajstić information content (AvgIpc) is 2.72. The zero-order valence-electron chi connectivity index (χ0n) is 15.1. The second-order valence-electron chi connectivity index (χ2n) is 5.89. The first kappa shape index (κ1) is 19.0. The Kier molecular flexibility index (Phi) is 5.59. The van der Waals surface area contributed by atoms with Gasteiger partial charge >= 0.3 is 0 Å². The lowest BCUT2D eigenvalue weighted by molar-refractivity contribution is -0.123. The molecule has 0 bridgehead atoms. The predicted molar refractivity (Wildman–Crippen MR) is 103 cm³/mol. The fourth-order valence-electron chi connectivity index (χ4n) is 2.80. The van der Waals surface area contributed by atoms with Crippen LogP contribution in [0.25, 0.3) is 10.9 Å². The average molecular weight is 381 g/mol. The summed E-state index contributed by atoms with van der Waals surface area (Å²) in [4.78, 5) is 36.9. The van der Waals surface area contributed by atoms with Gasteiger partial charge in [-0.05, 0) is 31.2 Å². The van der Waals surface area contributed by atoms with Crippen LogP contribution in [0.5, 0.6) is 11.5 Å². The zero-order valence-corrected chi connectivity index (χ0v) is 15.1. The number of hydrogen-bond donors (Lipinski definition) is 3. The minimum absolute atomic E-state index is 0.317. The monoisotopic (exact) mass is 381 g/mol. The third kappa shape index (κ3) is 3.80. The molecule has 3 N–H and O–H groups in total. The molecule has 0 unspecified atom stereocenters. The number of nitrogens with zero attached hydrogens (tertiary/aromatic N) is 1. The Morgan fingerprint density at radius 2 is 1.71 bits per heavy atom. The normalized spacial score (nSPS) is 10.5. The highest BCUT2D eigenvalue weighted by Crippen LogP contribution is 2.25. The number of carbonyl (C=O) groups is 2. The molecule has 8 nitrogen and oxygen atoms in total. The molecule has 0 aliphatic heterocycles. The van der Waals surface area contributed by atoms with Crippen molar-refractivity contribution < 1.29 is 19.4 Å². The number of carbonyl (C=O) groups excluding carboxylic acids is 2. The van der Waals surface area contributed by atoms with Gasteiger partial charge < -0.3 is 14.4 Å². The Morgan fingerprint density at radius 1 is 1.04 bits per heavy atom. The van der Waals surface area contributed by atoms with Crippen LogP contribution >= 0.6 is 0 Å². The number of benzene rings is 2. The van der Waals surface area contributed by atoms with Crippen LogP contribution in [0, 0.1) is 0 Å². The SMILES string of the molecule is CCn1c(=O)c(C(=O)NNC(=O)COc2ccccc2)c(O)c2ccccc21. The topological polar surface area (TPSA) is 110 Å². The van der Waals surface area contributed by atoms with Gasteiger partial charge in [-0.3, -0.25) is 25.2 Å². The number of rotatable bonds is 5. The van der Waals surface area contributed by atoms with Gasteiger partial charge in [0.1, 0.15) is 17.1 Å². The first-order valence-corrected chi connectivity index (χ1v) is 8.64. The molecule has 0 radical (unpaired) electrons. The van der Waals surface area contributed by atoms with E-state index in [0.717, 1.165) is 0 Å². The van der Waals surface area contributed by atoms with Gasteiger partial charge in [0.05, 0.1) is 5.52 Å². The molecule has 3 aromatic rings. The summed E-state index contributed by atoms with van der Waals surface area (Å²) in [7, 11) is 0. The summed E-state index contributed by atoms with van der Waals surface area (Å²) in [6.45, 7) is 1.75. The van der Waals surface area contributed by atoms with E-state index in [1.165, 1.54) is 4.57 Å². The third-order valence-corrected chi connectivity index (χ3v) is 4.12. The standard InChI is InChI=1S/C20H19N3O5/c1-2-23-15-11-7-6-10-14(15)18(25)17(20(23)27)19(26)22-21-16(24)12-28-13-8-4-3-5-9-13/h3-11,25H,2,12H2,1H3,(H,21,24)(H,22,26). The molecule has 144 valence electrons. The molecule has 0 atom stereocenters. The van der Waals surface area contributed by atoms with Crippen LogP contribution in [0.15, 0.2) is 59.4 Å². The van der Waals surface area contributed by atoms with Gasteiger partial charge in [-0.25, -0.2) is 0 Å². The maximum absolute atomic E-state index is 12.6. The Morgan fingerprint density at radius 3 is 2.43 bits per heavy atom. The van der Waals surface area contributed by atoms with E-state index in [1.54, 1.807) is 55.5 Å². The molecule has 3 rings (SSSR count). The van der Waals surface area contributed by atoms with Crippen LogP contribution in [0.3, 0.4) is 0 Å². The molecular weight excluding hydrogens is 362 g/mol. The van der Waals surface area contributed by atoms with Crippen molar-refractivity contribution in [1.82, 2.24) is 15.4 Å². The summed E-state index contributed by atoms with van der Waals surface area (Å²) in [5.74, 6) is -1.46. The van der Waals surface area contributed by atoms with E-state index in [0.29, 0.717) is 23.2 Å². The minimum atomic E-state index is -0.913. The summed E-state index contributed by atoms with van der Waals surface area (Å²) in [6, 6.07) is 15.4. The predicted octanol–water partition coefficient (Wildman–Crippen LogP) is 1.57. The summed E-state index contributed by atoms with van der Waals surface area (Å²) in [6.07, 6.45) is 0. The van der Waals surface area contributed by atoms with Crippen molar-refractivity contribution in [3.8, 4) is 11.5 Å². The molecule has 28 heavy (non-hydrogen) atoms. The number of fused-ring (bicyclic) bond motifs is 1. The van der Waals surface area contributed by atoms with Crippen molar-refractivity contribution in [3.63, 3.8) is 0 Å². The fraction of sp³-hybridized carbons (Fsp3) is 0.150. The highest BCUT2D eigenvalue weighted by atomic mass is 16.5. The van der Waals surface area contributed by atoms with Crippen molar-refractivity contribution in [2.45, 2.75) is 13.5 Å². The summed E-state index contributed by atoms with van der Waals surface area (Å²) >= 11 is 0. The number of hydrazine groups is 1. The largest absolute Gasteiger partial charge is 0.506 e.